The summed E-state index contributed by atoms with van der Waals surface area (Å²) in [6.07, 6.45) is 0. The van der Waals surface area contributed by atoms with E-state index in [1.807, 2.05) is 54.1 Å². The van der Waals surface area contributed by atoms with E-state index in [2.05, 4.69) is 5.32 Å². The first-order chi connectivity index (χ1) is 10.5. The number of hydrogen-bond donors (Lipinski definition) is 2. The normalized spacial score (nSPS) is 15.0. The zero-order chi connectivity index (χ0) is 16.0. The van der Waals surface area contributed by atoms with Crippen LogP contribution in [0.4, 0.5) is 0 Å². The average molecular weight is 335 g/mol. The summed E-state index contributed by atoms with van der Waals surface area (Å²) in [4.78, 5) is 13.3. The lowest BCUT2D eigenvalue weighted by atomic mass is 9.99. The number of rotatable bonds is 7. The van der Waals surface area contributed by atoms with Crippen LogP contribution in [0, 0.1) is 5.92 Å². The highest BCUT2D eigenvalue weighted by Crippen LogP contribution is 2.23. The minimum Gasteiger partial charge on any atom is -0.384 e. The second-order valence-corrected chi connectivity index (χ2v) is 7.40. The van der Waals surface area contributed by atoms with Gasteiger partial charge in [-0.2, -0.15) is 11.3 Å². The smallest absolute Gasteiger partial charge is 0.223 e. The Bertz CT molecular complexity index is 582. The maximum atomic E-state index is 12.1. The Hall–Kier alpha value is -1.30. The Morgan fingerprint density at radius 3 is 2.73 bits per heavy atom. The van der Waals surface area contributed by atoms with Gasteiger partial charge in [0.15, 0.2) is 0 Å². The van der Waals surface area contributed by atoms with Crippen molar-refractivity contribution in [3.63, 3.8) is 0 Å². The van der Waals surface area contributed by atoms with Crippen LogP contribution in [0.3, 0.4) is 0 Å². The third-order valence-corrected chi connectivity index (χ3v) is 5.40. The lowest BCUT2D eigenvalue weighted by molar-refractivity contribution is -0.125. The topological polar surface area (TPSA) is 49.3 Å². The van der Waals surface area contributed by atoms with Gasteiger partial charge in [0.25, 0.3) is 0 Å². The minimum atomic E-state index is -1.03. The van der Waals surface area contributed by atoms with Crippen molar-refractivity contribution in [2.75, 3.05) is 12.3 Å². The number of thiophene rings is 1. The molecule has 22 heavy (non-hydrogen) atoms. The highest BCUT2D eigenvalue weighted by atomic mass is 32.2. The second-order valence-electron chi connectivity index (χ2n) is 5.53. The van der Waals surface area contributed by atoms with Crippen LogP contribution in [0.25, 0.3) is 0 Å². The van der Waals surface area contributed by atoms with Crippen molar-refractivity contribution >= 4 is 29.0 Å². The number of carbonyl (C=O) groups excluding carboxylic acids is 1. The molecule has 2 atom stereocenters. The Morgan fingerprint density at radius 1 is 1.36 bits per heavy atom. The molecule has 2 unspecified atom stereocenters. The molecule has 0 saturated heterocycles. The van der Waals surface area contributed by atoms with E-state index in [1.54, 1.807) is 18.7 Å². The first-order valence-corrected chi connectivity index (χ1v) is 9.12. The van der Waals surface area contributed by atoms with Gasteiger partial charge in [-0.1, -0.05) is 25.1 Å². The predicted octanol–water partition coefficient (Wildman–Crippen LogP) is 3.50. The van der Waals surface area contributed by atoms with Crippen LogP contribution in [-0.2, 0) is 10.4 Å². The monoisotopic (exact) mass is 335 g/mol. The third kappa shape index (κ3) is 4.87. The van der Waals surface area contributed by atoms with Gasteiger partial charge < -0.3 is 10.4 Å². The molecule has 0 saturated carbocycles. The van der Waals surface area contributed by atoms with Gasteiger partial charge in [-0.05, 0) is 41.4 Å². The SMILES string of the molecule is CC(CSc1ccccc1)C(=O)NCC(C)(O)c1ccsc1. The van der Waals surface area contributed by atoms with E-state index in [-0.39, 0.29) is 18.4 Å². The number of thioether (sulfide) groups is 1. The van der Waals surface area contributed by atoms with E-state index in [0.29, 0.717) is 0 Å². The lowest BCUT2D eigenvalue weighted by Crippen LogP contribution is -2.40. The van der Waals surface area contributed by atoms with E-state index in [0.717, 1.165) is 16.2 Å². The number of benzene rings is 1. The molecule has 2 aromatic rings. The van der Waals surface area contributed by atoms with Crippen LogP contribution in [-0.4, -0.2) is 23.3 Å². The van der Waals surface area contributed by atoms with Crippen LogP contribution in [0.5, 0.6) is 0 Å². The van der Waals surface area contributed by atoms with E-state index in [1.165, 1.54) is 11.3 Å². The number of amides is 1. The fraction of sp³-hybridized carbons (Fsp3) is 0.353. The van der Waals surface area contributed by atoms with Crippen LogP contribution < -0.4 is 5.32 Å². The van der Waals surface area contributed by atoms with Crippen LogP contribution in [0.15, 0.2) is 52.1 Å². The molecule has 0 fully saturated rings. The predicted molar refractivity (Wildman–Crippen MR) is 93.2 cm³/mol. The summed E-state index contributed by atoms with van der Waals surface area (Å²) in [5, 5.41) is 17.1. The quantitative estimate of drug-likeness (QED) is 0.762. The van der Waals surface area contributed by atoms with Crippen molar-refractivity contribution in [2.45, 2.75) is 24.3 Å². The number of hydrogen-bond acceptors (Lipinski definition) is 4. The number of nitrogens with one attached hydrogen (secondary N) is 1. The summed E-state index contributed by atoms with van der Waals surface area (Å²) in [5.74, 6) is 0.582. The summed E-state index contributed by atoms with van der Waals surface area (Å²) in [5.41, 5.74) is -0.189. The minimum absolute atomic E-state index is 0.0288. The Morgan fingerprint density at radius 2 is 2.09 bits per heavy atom. The van der Waals surface area contributed by atoms with Crippen molar-refractivity contribution < 1.29 is 9.90 Å². The molecular weight excluding hydrogens is 314 g/mol. The molecule has 0 radical (unpaired) electrons. The fourth-order valence-corrected chi connectivity index (χ4v) is 3.65. The molecule has 1 amide bonds. The Kier molecular flexibility index (Phi) is 6.06. The zero-order valence-corrected chi connectivity index (χ0v) is 14.4. The maximum Gasteiger partial charge on any atom is 0.223 e. The summed E-state index contributed by atoms with van der Waals surface area (Å²) < 4.78 is 0. The molecule has 1 heterocycles. The molecule has 2 N–H and O–H groups in total. The van der Waals surface area contributed by atoms with Gasteiger partial charge in [0.2, 0.25) is 5.91 Å². The van der Waals surface area contributed by atoms with Crippen molar-refractivity contribution in [3.05, 3.63) is 52.7 Å². The summed E-state index contributed by atoms with van der Waals surface area (Å²) >= 11 is 3.20. The standard InChI is InChI=1S/C17H21NO2S2/c1-13(10-22-15-6-4-3-5-7-15)16(19)18-12-17(2,20)14-8-9-21-11-14/h3-9,11,13,20H,10,12H2,1-2H3,(H,18,19). The molecule has 0 spiro atoms. The second kappa shape index (κ2) is 7.81. The first kappa shape index (κ1) is 17.1. The van der Waals surface area contributed by atoms with Gasteiger partial charge in [0.1, 0.15) is 5.60 Å². The Balaban J connectivity index is 1.79. The van der Waals surface area contributed by atoms with Crippen molar-refractivity contribution in [2.24, 2.45) is 5.92 Å². The summed E-state index contributed by atoms with van der Waals surface area (Å²) in [6, 6.07) is 11.9. The highest BCUT2D eigenvalue weighted by Gasteiger charge is 2.25. The maximum absolute atomic E-state index is 12.1. The molecule has 0 bridgehead atoms. The van der Waals surface area contributed by atoms with Crippen LogP contribution >= 0.6 is 23.1 Å². The van der Waals surface area contributed by atoms with Gasteiger partial charge in [-0.15, -0.1) is 11.8 Å². The summed E-state index contributed by atoms with van der Waals surface area (Å²) in [7, 11) is 0. The fourth-order valence-electron chi connectivity index (χ4n) is 1.92. The van der Waals surface area contributed by atoms with Gasteiger partial charge in [-0.25, -0.2) is 0 Å². The third-order valence-electron chi connectivity index (χ3n) is 3.44. The van der Waals surface area contributed by atoms with E-state index >= 15 is 0 Å². The molecule has 1 aromatic carbocycles. The van der Waals surface area contributed by atoms with Crippen molar-refractivity contribution in [1.29, 1.82) is 0 Å². The molecule has 1 aromatic heterocycles. The summed E-state index contributed by atoms with van der Waals surface area (Å²) in [6.45, 7) is 3.85. The lowest BCUT2D eigenvalue weighted by Gasteiger charge is -2.23. The van der Waals surface area contributed by atoms with Gasteiger partial charge in [0.05, 0.1) is 6.54 Å². The van der Waals surface area contributed by atoms with Gasteiger partial charge >= 0.3 is 0 Å². The van der Waals surface area contributed by atoms with Crippen molar-refractivity contribution in [1.82, 2.24) is 5.32 Å². The molecule has 2 rings (SSSR count). The van der Waals surface area contributed by atoms with Crippen molar-refractivity contribution in [3.8, 4) is 0 Å². The first-order valence-electron chi connectivity index (χ1n) is 7.19. The molecule has 118 valence electrons. The highest BCUT2D eigenvalue weighted by molar-refractivity contribution is 7.99. The van der Waals surface area contributed by atoms with Crippen LogP contribution in [0.1, 0.15) is 19.4 Å². The average Bonchev–Trinajstić information content (AvgIpc) is 3.06. The molecule has 5 heteroatoms. The zero-order valence-electron chi connectivity index (χ0n) is 12.8. The van der Waals surface area contributed by atoms with E-state index in [9.17, 15) is 9.90 Å². The Labute approximate surface area is 139 Å². The van der Waals surface area contributed by atoms with Crippen LogP contribution in [0.2, 0.25) is 0 Å². The molecule has 0 aliphatic carbocycles. The number of aliphatic hydroxyl groups is 1. The molecule has 0 aliphatic rings. The molecular formula is C17H21NO2S2. The van der Waals surface area contributed by atoms with Gasteiger partial charge in [0, 0.05) is 16.6 Å². The number of carbonyl (C=O) groups is 1. The largest absolute Gasteiger partial charge is 0.384 e. The van der Waals surface area contributed by atoms with Gasteiger partial charge in [-0.3, -0.25) is 4.79 Å². The van der Waals surface area contributed by atoms with E-state index in [4.69, 9.17) is 0 Å². The van der Waals surface area contributed by atoms with E-state index < -0.39 is 5.60 Å². The molecule has 0 aliphatic heterocycles. The molecule has 3 nitrogen and oxygen atoms in total.